The molecule has 1 aliphatic carbocycles. The first-order chi connectivity index (χ1) is 10.0. The topological polar surface area (TPSA) is 59.1 Å². The maximum atomic E-state index is 5.43. The van der Waals surface area contributed by atoms with Crippen LogP contribution in [0.1, 0.15) is 52.8 Å². The molecule has 5 heteroatoms. The summed E-state index contributed by atoms with van der Waals surface area (Å²) in [7, 11) is 0. The van der Waals surface area contributed by atoms with Gasteiger partial charge in [-0.15, -0.1) is 0 Å². The quantitative estimate of drug-likeness (QED) is 0.806. The predicted octanol–water partition coefficient (Wildman–Crippen LogP) is 3.44. The molecule has 1 fully saturated rings. The monoisotopic (exact) mass is 292 g/mol. The fourth-order valence-corrected chi connectivity index (χ4v) is 2.87. The number of hydrogen-bond donors (Lipinski definition) is 2. The second kappa shape index (κ2) is 7.07. The van der Waals surface area contributed by atoms with Crippen LogP contribution in [0.3, 0.4) is 0 Å². The Bertz CT molecular complexity index is 462. The Labute approximate surface area is 127 Å². The van der Waals surface area contributed by atoms with Crippen molar-refractivity contribution >= 4 is 11.6 Å². The molecule has 0 bridgehead atoms. The molecule has 0 amide bonds. The van der Waals surface area contributed by atoms with E-state index in [1.165, 1.54) is 19.3 Å². The molecule has 1 aromatic rings. The van der Waals surface area contributed by atoms with Crippen LogP contribution in [-0.2, 0) is 11.3 Å². The number of nitrogens with zero attached hydrogens (tertiary/aromatic N) is 2. The van der Waals surface area contributed by atoms with Gasteiger partial charge in [0.2, 0.25) is 0 Å². The maximum Gasteiger partial charge on any atom is 0.158 e. The van der Waals surface area contributed by atoms with Crippen LogP contribution in [0.15, 0.2) is 6.07 Å². The van der Waals surface area contributed by atoms with Gasteiger partial charge < -0.3 is 15.4 Å². The molecule has 1 aromatic heterocycles. The Morgan fingerprint density at radius 3 is 2.67 bits per heavy atom. The minimum Gasteiger partial charge on any atom is -0.374 e. The molecule has 1 unspecified atom stereocenters. The summed E-state index contributed by atoms with van der Waals surface area (Å²) in [6.45, 7) is 10.7. The average Bonchev–Trinajstić information content (AvgIpc) is 2.76. The van der Waals surface area contributed by atoms with Crippen LogP contribution < -0.4 is 10.6 Å². The van der Waals surface area contributed by atoms with E-state index in [1.807, 2.05) is 13.0 Å². The summed E-state index contributed by atoms with van der Waals surface area (Å²) in [6.07, 6.45) is 3.66. The van der Waals surface area contributed by atoms with E-state index in [4.69, 9.17) is 4.74 Å². The third kappa shape index (κ3) is 4.84. The lowest BCUT2D eigenvalue weighted by atomic mass is 9.92. The molecular weight excluding hydrogens is 264 g/mol. The number of hydrogen-bond acceptors (Lipinski definition) is 5. The fraction of sp³-hybridized carbons (Fsp3) is 0.750. The molecule has 1 atom stereocenters. The van der Waals surface area contributed by atoms with E-state index in [0.29, 0.717) is 24.7 Å². The number of nitrogens with one attached hydrogen (secondary N) is 2. The summed E-state index contributed by atoms with van der Waals surface area (Å²) in [5.74, 6) is 2.50. The number of rotatable bonds is 7. The lowest BCUT2D eigenvalue weighted by Gasteiger charge is -2.19. The number of ether oxygens (including phenoxy) is 1. The van der Waals surface area contributed by atoms with Gasteiger partial charge >= 0.3 is 0 Å². The van der Waals surface area contributed by atoms with Gasteiger partial charge in [-0.25, -0.2) is 9.97 Å². The Kier molecular flexibility index (Phi) is 5.39. The molecule has 0 aromatic carbocycles. The molecule has 1 heterocycles. The highest BCUT2D eigenvalue weighted by atomic mass is 16.5. The number of anilines is 2. The fourth-order valence-electron chi connectivity index (χ4n) is 2.87. The molecule has 0 saturated heterocycles. The van der Waals surface area contributed by atoms with Crippen LogP contribution in [-0.4, -0.2) is 29.2 Å². The summed E-state index contributed by atoms with van der Waals surface area (Å²) in [6, 6.07) is 2.49. The highest BCUT2D eigenvalue weighted by Gasteiger charge is 2.31. The van der Waals surface area contributed by atoms with Crippen molar-refractivity contribution in [2.24, 2.45) is 5.41 Å². The van der Waals surface area contributed by atoms with E-state index in [9.17, 15) is 0 Å². The van der Waals surface area contributed by atoms with Gasteiger partial charge in [-0.05, 0) is 38.5 Å². The van der Waals surface area contributed by atoms with E-state index in [0.717, 1.165) is 24.0 Å². The third-order valence-corrected chi connectivity index (χ3v) is 3.89. The van der Waals surface area contributed by atoms with Crippen LogP contribution in [0.5, 0.6) is 0 Å². The van der Waals surface area contributed by atoms with Crippen molar-refractivity contribution in [3.63, 3.8) is 0 Å². The van der Waals surface area contributed by atoms with E-state index in [-0.39, 0.29) is 0 Å². The number of aromatic nitrogens is 2. The summed E-state index contributed by atoms with van der Waals surface area (Å²) in [4.78, 5) is 9.05. The van der Waals surface area contributed by atoms with Gasteiger partial charge in [0.15, 0.2) is 5.82 Å². The van der Waals surface area contributed by atoms with Crippen molar-refractivity contribution in [3.8, 4) is 0 Å². The first-order valence-electron chi connectivity index (χ1n) is 7.98. The van der Waals surface area contributed by atoms with E-state index in [2.05, 4.69) is 41.4 Å². The second-order valence-electron chi connectivity index (χ2n) is 6.47. The van der Waals surface area contributed by atoms with Gasteiger partial charge in [-0.1, -0.05) is 13.8 Å². The Morgan fingerprint density at radius 1 is 1.29 bits per heavy atom. The Hall–Kier alpha value is -1.36. The van der Waals surface area contributed by atoms with Gasteiger partial charge in [0.25, 0.3) is 0 Å². The molecule has 118 valence electrons. The van der Waals surface area contributed by atoms with Crippen molar-refractivity contribution in [2.75, 3.05) is 23.8 Å². The molecule has 21 heavy (non-hydrogen) atoms. The lowest BCUT2D eigenvalue weighted by Crippen LogP contribution is -2.19. The summed E-state index contributed by atoms with van der Waals surface area (Å²) in [5.41, 5.74) is 0.434. The molecule has 0 spiro atoms. The van der Waals surface area contributed by atoms with Gasteiger partial charge in [0, 0.05) is 25.3 Å². The van der Waals surface area contributed by atoms with Crippen LogP contribution in [0.25, 0.3) is 0 Å². The van der Waals surface area contributed by atoms with Crippen molar-refractivity contribution in [1.82, 2.24) is 9.97 Å². The summed E-state index contributed by atoms with van der Waals surface area (Å²) in [5, 5.41) is 6.82. The molecule has 1 saturated carbocycles. The van der Waals surface area contributed by atoms with Gasteiger partial charge in [-0.2, -0.15) is 0 Å². The standard InChI is InChI=1S/C16H28N4O/c1-5-17-13-9-14(20-15(19-13)11-21-6-2)18-12-7-8-16(3,4)10-12/h9,12H,5-8,10-11H2,1-4H3,(H2,17,18,19,20). The maximum absolute atomic E-state index is 5.43. The normalized spacial score (nSPS) is 20.5. The first-order valence-corrected chi connectivity index (χ1v) is 7.98. The van der Waals surface area contributed by atoms with Crippen LogP contribution in [0, 0.1) is 5.41 Å². The zero-order valence-electron chi connectivity index (χ0n) is 13.7. The summed E-state index contributed by atoms with van der Waals surface area (Å²) >= 11 is 0. The SMILES string of the molecule is CCNc1cc(NC2CCC(C)(C)C2)nc(COCC)n1. The van der Waals surface area contributed by atoms with Gasteiger partial charge in [-0.3, -0.25) is 0 Å². The van der Waals surface area contributed by atoms with Gasteiger partial charge in [0.05, 0.1) is 0 Å². The van der Waals surface area contributed by atoms with E-state index < -0.39 is 0 Å². The predicted molar refractivity (Wildman–Crippen MR) is 86.6 cm³/mol. The molecular formula is C16H28N4O. The minimum absolute atomic E-state index is 0.434. The average molecular weight is 292 g/mol. The largest absolute Gasteiger partial charge is 0.374 e. The molecule has 2 N–H and O–H groups in total. The smallest absolute Gasteiger partial charge is 0.158 e. The van der Waals surface area contributed by atoms with Crippen LogP contribution in [0.2, 0.25) is 0 Å². The highest BCUT2D eigenvalue weighted by Crippen LogP contribution is 2.38. The zero-order chi connectivity index (χ0) is 15.3. The molecule has 5 nitrogen and oxygen atoms in total. The lowest BCUT2D eigenvalue weighted by molar-refractivity contribution is 0.128. The Morgan fingerprint density at radius 2 is 2.05 bits per heavy atom. The minimum atomic E-state index is 0.434. The van der Waals surface area contributed by atoms with Crippen LogP contribution in [0.4, 0.5) is 11.6 Å². The van der Waals surface area contributed by atoms with Gasteiger partial charge in [0.1, 0.15) is 18.2 Å². The van der Waals surface area contributed by atoms with Crippen molar-refractivity contribution in [2.45, 2.75) is 59.6 Å². The van der Waals surface area contributed by atoms with Crippen molar-refractivity contribution in [3.05, 3.63) is 11.9 Å². The molecule has 2 rings (SSSR count). The van der Waals surface area contributed by atoms with Crippen LogP contribution >= 0.6 is 0 Å². The van der Waals surface area contributed by atoms with Crippen molar-refractivity contribution in [1.29, 1.82) is 0 Å². The van der Waals surface area contributed by atoms with E-state index >= 15 is 0 Å². The second-order valence-corrected chi connectivity index (χ2v) is 6.47. The zero-order valence-corrected chi connectivity index (χ0v) is 13.7. The van der Waals surface area contributed by atoms with Crippen molar-refractivity contribution < 1.29 is 4.74 Å². The summed E-state index contributed by atoms with van der Waals surface area (Å²) < 4.78 is 5.43. The Balaban J connectivity index is 2.08. The molecule has 1 aliphatic rings. The highest BCUT2D eigenvalue weighted by molar-refractivity contribution is 5.48. The van der Waals surface area contributed by atoms with E-state index in [1.54, 1.807) is 0 Å². The molecule has 0 radical (unpaired) electrons. The first kappa shape index (κ1) is 16.0. The third-order valence-electron chi connectivity index (χ3n) is 3.89. The molecule has 0 aliphatic heterocycles.